The van der Waals surface area contributed by atoms with Crippen LogP contribution < -0.4 is 20.7 Å². The second-order valence-electron chi connectivity index (χ2n) is 8.36. The zero-order chi connectivity index (χ0) is 24.9. The van der Waals surface area contributed by atoms with Crippen molar-refractivity contribution in [1.29, 1.82) is 0 Å². The van der Waals surface area contributed by atoms with Crippen molar-refractivity contribution in [2.75, 3.05) is 37.0 Å². The van der Waals surface area contributed by atoms with Gasteiger partial charge in [0.25, 0.3) is 0 Å². The second kappa shape index (κ2) is 11.3. The van der Waals surface area contributed by atoms with Gasteiger partial charge in [-0.05, 0) is 63.2 Å². The fourth-order valence-corrected chi connectivity index (χ4v) is 4.86. The lowest BCUT2D eigenvalue weighted by molar-refractivity contribution is 0.160. The van der Waals surface area contributed by atoms with Gasteiger partial charge in [0.15, 0.2) is 0 Å². The molecule has 2 amide bonds. The molecule has 0 spiro atoms. The average Bonchev–Trinajstić information content (AvgIpc) is 2.81. The first-order valence-electron chi connectivity index (χ1n) is 11.0. The van der Waals surface area contributed by atoms with E-state index in [-0.39, 0.29) is 21.6 Å². The van der Waals surface area contributed by atoms with Crippen LogP contribution in [0.2, 0.25) is 15.1 Å². The first-order chi connectivity index (χ1) is 16.8. The first kappa shape index (κ1) is 25.3. The number of amides is 2. The van der Waals surface area contributed by atoms with Gasteiger partial charge in [-0.3, -0.25) is 0 Å². The van der Waals surface area contributed by atoms with Crippen LogP contribution in [0.25, 0.3) is 0 Å². The number of urea groups is 1. The van der Waals surface area contributed by atoms with Gasteiger partial charge >= 0.3 is 6.03 Å². The molecule has 4 rings (SSSR count). The van der Waals surface area contributed by atoms with Gasteiger partial charge in [-0.15, -0.1) is 0 Å². The lowest BCUT2D eigenvalue weighted by atomic mass is 9.98. The highest BCUT2D eigenvalue weighted by Gasteiger charge is 2.23. The number of piperidine rings is 1. The van der Waals surface area contributed by atoms with E-state index >= 15 is 0 Å². The monoisotopic (exact) mass is 534 g/mol. The summed E-state index contributed by atoms with van der Waals surface area (Å²) in [6.45, 7) is 2.88. The molecule has 0 atom stereocenters. The topological polar surface area (TPSA) is 96.6 Å². The van der Waals surface area contributed by atoms with E-state index in [2.05, 4.69) is 27.2 Å². The largest absolute Gasteiger partial charge is 0.493 e. The molecule has 0 bridgehead atoms. The molecule has 0 saturated carbocycles. The zero-order valence-corrected chi connectivity index (χ0v) is 21.3. The summed E-state index contributed by atoms with van der Waals surface area (Å²) in [6, 6.07) is 11.3. The van der Waals surface area contributed by atoms with Crippen molar-refractivity contribution in [2.24, 2.45) is 11.7 Å². The Morgan fingerprint density at radius 2 is 1.86 bits per heavy atom. The van der Waals surface area contributed by atoms with Crippen molar-refractivity contribution in [3.63, 3.8) is 0 Å². The van der Waals surface area contributed by atoms with Gasteiger partial charge in [0.05, 0.1) is 22.3 Å². The van der Waals surface area contributed by atoms with E-state index in [0.717, 1.165) is 42.3 Å². The van der Waals surface area contributed by atoms with Crippen molar-refractivity contribution in [1.82, 2.24) is 14.9 Å². The van der Waals surface area contributed by atoms with Gasteiger partial charge in [0.2, 0.25) is 0 Å². The van der Waals surface area contributed by atoms with E-state index in [1.807, 2.05) is 24.3 Å². The number of ether oxygens (including phenoxy) is 1. The molecule has 2 aromatic carbocycles. The van der Waals surface area contributed by atoms with Crippen LogP contribution in [-0.4, -0.2) is 47.6 Å². The number of primary amides is 1. The Balaban J connectivity index is 1.50. The van der Waals surface area contributed by atoms with Crippen molar-refractivity contribution < 1.29 is 9.53 Å². The Kier molecular flexibility index (Phi) is 8.18. The number of hydrogen-bond donors (Lipinski definition) is 2. The van der Waals surface area contributed by atoms with Gasteiger partial charge in [0.1, 0.15) is 23.7 Å². The van der Waals surface area contributed by atoms with E-state index < -0.39 is 6.03 Å². The standard InChI is InChI=1S/C24H25Cl3N6O2/c1-32-7-5-15(6-8-32)13-35-18-4-2-3-17(11-18)31-21-12-22(30-14-29-21)33(24(28)34)23-19(26)9-16(25)10-20(23)27/h2-4,9-12,14-15H,5-8,13H2,1H3,(H2,28,34)(H,29,30,31). The first-order valence-corrected chi connectivity index (χ1v) is 12.2. The third-order valence-electron chi connectivity index (χ3n) is 5.74. The smallest absolute Gasteiger partial charge is 0.325 e. The molecular weight excluding hydrogens is 511 g/mol. The lowest BCUT2D eigenvalue weighted by Crippen LogP contribution is -2.32. The van der Waals surface area contributed by atoms with Crippen LogP contribution in [0.5, 0.6) is 5.75 Å². The Hall–Kier alpha value is -2.78. The molecule has 8 nitrogen and oxygen atoms in total. The zero-order valence-electron chi connectivity index (χ0n) is 19.0. The summed E-state index contributed by atoms with van der Waals surface area (Å²) in [7, 11) is 2.14. The molecule has 35 heavy (non-hydrogen) atoms. The minimum Gasteiger partial charge on any atom is -0.493 e. The number of hydrogen-bond acceptors (Lipinski definition) is 6. The summed E-state index contributed by atoms with van der Waals surface area (Å²) in [5.41, 5.74) is 6.59. The Morgan fingerprint density at radius 3 is 2.54 bits per heavy atom. The predicted molar refractivity (Wildman–Crippen MR) is 141 cm³/mol. The molecule has 184 valence electrons. The van der Waals surface area contributed by atoms with Crippen LogP contribution in [0.15, 0.2) is 48.8 Å². The molecule has 1 aliphatic rings. The van der Waals surface area contributed by atoms with Crippen LogP contribution in [-0.2, 0) is 0 Å². The molecular formula is C24H25Cl3N6O2. The molecule has 1 fully saturated rings. The van der Waals surface area contributed by atoms with Gasteiger partial charge in [-0.25, -0.2) is 19.7 Å². The molecule has 0 unspecified atom stereocenters. The lowest BCUT2D eigenvalue weighted by Gasteiger charge is -2.28. The number of nitrogens with zero attached hydrogens (tertiary/aromatic N) is 4. The molecule has 0 aliphatic carbocycles. The summed E-state index contributed by atoms with van der Waals surface area (Å²) in [6.07, 6.45) is 3.58. The van der Waals surface area contributed by atoms with E-state index in [1.165, 1.54) is 18.5 Å². The number of nitrogens with one attached hydrogen (secondary N) is 1. The maximum atomic E-state index is 12.3. The quantitative estimate of drug-likeness (QED) is 0.378. The molecule has 3 N–H and O–H groups in total. The highest BCUT2D eigenvalue weighted by molar-refractivity contribution is 6.42. The van der Waals surface area contributed by atoms with Crippen molar-refractivity contribution in [3.05, 3.63) is 63.9 Å². The summed E-state index contributed by atoms with van der Waals surface area (Å²) >= 11 is 18.6. The number of carbonyl (C=O) groups excluding carboxylic acids is 1. The van der Waals surface area contributed by atoms with Crippen LogP contribution in [0.1, 0.15) is 12.8 Å². The number of benzene rings is 2. The van der Waals surface area contributed by atoms with Crippen LogP contribution >= 0.6 is 34.8 Å². The fourth-order valence-electron chi connectivity index (χ4n) is 3.88. The van der Waals surface area contributed by atoms with Gasteiger partial charge < -0.3 is 20.7 Å². The average molecular weight is 536 g/mol. The van der Waals surface area contributed by atoms with E-state index in [9.17, 15) is 4.79 Å². The van der Waals surface area contributed by atoms with Crippen molar-refractivity contribution >= 4 is 63.8 Å². The number of anilines is 4. The Morgan fingerprint density at radius 1 is 1.14 bits per heavy atom. The summed E-state index contributed by atoms with van der Waals surface area (Å²) < 4.78 is 6.05. The van der Waals surface area contributed by atoms with Gasteiger partial charge in [0, 0.05) is 22.8 Å². The normalized spacial score (nSPS) is 14.5. The number of nitrogens with two attached hydrogens (primary N) is 1. The molecule has 1 aromatic heterocycles. The molecule has 1 aliphatic heterocycles. The third kappa shape index (κ3) is 6.46. The Labute approximate surface area is 218 Å². The number of carbonyl (C=O) groups is 1. The minimum atomic E-state index is -0.815. The van der Waals surface area contributed by atoms with E-state index in [4.69, 9.17) is 45.3 Å². The van der Waals surface area contributed by atoms with Gasteiger partial charge in [-0.1, -0.05) is 40.9 Å². The second-order valence-corrected chi connectivity index (χ2v) is 9.61. The summed E-state index contributed by atoms with van der Waals surface area (Å²) in [4.78, 5) is 24.2. The molecule has 3 aromatic rings. The molecule has 2 heterocycles. The van der Waals surface area contributed by atoms with Crippen LogP contribution in [0.3, 0.4) is 0 Å². The van der Waals surface area contributed by atoms with Crippen molar-refractivity contribution in [2.45, 2.75) is 12.8 Å². The molecule has 1 saturated heterocycles. The van der Waals surface area contributed by atoms with Gasteiger partial charge in [-0.2, -0.15) is 0 Å². The SMILES string of the molecule is CN1CCC(COc2cccc(Nc3cc(N(C(N)=O)c4c(Cl)cc(Cl)cc4Cl)ncn3)c2)CC1. The van der Waals surface area contributed by atoms with Crippen LogP contribution in [0.4, 0.5) is 27.8 Å². The van der Waals surface area contributed by atoms with E-state index in [1.54, 1.807) is 6.07 Å². The number of aromatic nitrogens is 2. The highest BCUT2D eigenvalue weighted by atomic mass is 35.5. The number of rotatable bonds is 7. The maximum absolute atomic E-state index is 12.3. The highest BCUT2D eigenvalue weighted by Crippen LogP contribution is 2.40. The van der Waals surface area contributed by atoms with Crippen LogP contribution in [0, 0.1) is 5.92 Å². The van der Waals surface area contributed by atoms with Crippen molar-refractivity contribution in [3.8, 4) is 5.75 Å². The Bertz CT molecular complexity index is 1180. The fraction of sp³-hybridized carbons (Fsp3) is 0.292. The van der Waals surface area contributed by atoms with E-state index in [0.29, 0.717) is 23.4 Å². The molecule has 11 heteroatoms. The maximum Gasteiger partial charge on any atom is 0.325 e. The molecule has 0 radical (unpaired) electrons. The summed E-state index contributed by atoms with van der Waals surface area (Å²) in [5, 5.41) is 3.85. The minimum absolute atomic E-state index is 0.156. The predicted octanol–water partition coefficient (Wildman–Crippen LogP) is 6.12. The third-order valence-corrected chi connectivity index (χ3v) is 6.53. The summed E-state index contributed by atoms with van der Waals surface area (Å²) in [5.74, 6) is 1.95. The number of likely N-dealkylation sites (tertiary alicyclic amines) is 1. The number of halogens is 3.